The normalized spacial score (nSPS) is 11.6. The third-order valence-corrected chi connectivity index (χ3v) is 3.91. The summed E-state index contributed by atoms with van der Waals surface area (Å²) < 4.78 is 0. The fourth-order valence-electron chi connectivity index (χ4n) is 2.46. The second kappa shape index (κ2) is 21.3. The van der Waals surface area contributed by atoms with Gasteiger partial charge in [0.05, 0.1) is 11.9 Å². The van der Waals surface area contributed by atoms with Gasteiger partial charge in [-0.15, -0.1) is 0 Å². The van der Waals surface area contributed by atoms with Gasteiger partial charge in [0.1, 0.15) is 0 Å². The first kappa shape index (κ1) is 35.1. The van der Waals surface area contributed by atoms with Gasteiger partial charge in [0, 0.05) is 0 Å². The van der Waals surface area contributed by atoms with E-state index in [0.717, 1.165) is 5.92 Å². The van der Waals surface area contributed by atoms with Gasteiger partial charge in [0.25, 0.3) is 0 Å². The average molecular weight is 623 g/mol. The minimum atomic E-state index is -1.13. The van der Waals surface area contributed by atoms with Gasteiger partial charge >= 0.3 is 21.1 Å². The molecule has 0 saturated heterocycles. The Morgan fingerprint density at radius 2 is 1.03 bits per heavy atom. The first-order valence-corrected chi connectivity index (χ1v) is 8.53. The Morgan fingerprint density at radius 1 is 0.724 bits per heavy atom. The molecule has 0 bridgehead atoms. The van der Waals surface area contributed by atoms with E-state index in [-0.39, 0.29) is 63.2 Å². The van der Waals surface area contributed by atoms with Crippen LogP contribution in [0.2, 0.25) is 0 Å². The maximum absolute atomic E-state index is 10.1. The first-order valence-electron chi connectivity index (χ1n) is 8.53. The summed E-state index contributed by atoms with van der Waals surface area (Å²) in [6.45, 7) is 2.36. The fraction of sp³-hybridized carbons (Fsp3) is 0.333. The Labute approximate surface area is 200 Å². The van der Waals surface area contributed by atoms with Gasteiger partial charge in [-0.25, -0.2) is 0 Å². The Bertz CT molecular complexity index is 590. The maximum atomic E-state index is 10.1. The number of hydrogen-bond acceptors (Lipinski definition) is 5. The van der Waals surface area contributed by atoms with Crippen LogP contribution in [0.15, 0.2) is 60.7 Å². The molecule has 3 N–H and O–H groups in total. The summed E-state index contributed by atoms with van der Waals surface area (Å²) in [6.07, 6.45) is 7.44. The van der Waals surface area contributed by atoms with Crippen molar-refractivity contribution in [3.05, 3.63) is 71.8 Å². The van der Waals surface area contributed by atoms with Gasteiger partial charge in [0.15, 0.2) is 0 Å². The van der Waals surface area contributed by atoms with E-state index in [4.69, 9.17) is 0 Å². The number of carbonyl (C=O) groups excluding carboxylic acids is 2. The molecule has 0 radical (unpaired) electrons. The number of halogens is 2. The van der Waals surface area contributed by atoms with E-state index in [1.165, 1.54) is 56.4 Å². The fourth-order valence-corrected chi connectivity index (χ4v) is 2.46. The predicted molar refractivity (Wildman–Crippen MR) is 98.8 cm³/mol. The maximum Gasteiger partial charge on any atom is 4.00 e. The second-order valence-corrected chi connectivity index (χ2v) is 6.05. The zero-order valence-corrected chi connectivity index (χ0v) is 20.1. The second-order valence-electron chi connectivity index (χ2n) is 6.05. The summed E-state index contributed by atoms with van der Waals surface area (Å²) in [5, 5.41) is 20.2. The molecule has 8 heteroatoms. The van der Waals surface area contributed by atoms with E-state index in [1.54, 1.807) is 36.4 Å². The SMILES string of the molecule is CC1CCCCC1.N.O=C([O-])c1ccccc1.O=C([O-])c1ccccc1.[Cl-].[Cl-].[Pt+4]. The zero-order valence-electron chi connectivity index (χ0n) is 16.3. The molecule has 29 heavy (non-hydrogen) atoms. The van der Waals surface area contributed by atoms with Crippen LogP contribution in [-0.2, 0) is 21.1 Å². The molecule has 5 nitrogen and oxygen atoms in total. The van der Waals surface area contributed by atoms with Gasteiger partial charge in [-0.1, -0.05) is 99.7 Å². The Balaban J connectivity index is -0.000000152. The van der Waals surface area contributed by atoms with Crippen LogP contribution in [0.4, 0.5) is 0 Å². The molecule has 0 unspecified atom stereocenters. The number of hydrogen-bond donors (Lipinski definition) is 1. The van der Waals surface area contributed by atoms with Crippen LogP contribution in [0, 0.1) is 5.92 Å². The van der Waals surface area contributed by atoms with Crippen LogP contribution < -0.4 is 41.2 Å². The van der Waals surface area contributed by atoms with E-state index in [0.29, 0.717) is 0 Å². The van der Waals surface area contributed by atoms with Crippen LogP contribution in [0.25, 0.3) is 0 Å². The number of carboxylic acid groups (broad SMARTS) is 2. The van der Waals surface area contributed by atoms with Crippen molar-refractivity contribution in [1.82, 2.24) is 6.15 Å². The minimum Gasteiger partial charge on any atom is -1.00 e. The molecular weight excluding hydrogens is 596 g/mol. The number of carbonyl (C=O) groups is 2. The molecule has 1 saturated carbocycles. The third kappa shape index (κ3) is 17.2. The molecule has 2 aromatic carbocycles. The summed E-state index contributed by atoms with van der Waals surface area (Å²) in [7, 11) is 0. The van der Waals surface area contributed by atoms with Crippen LogP contribution in [-0.4, -0.2) is 11.9 Å². The van der Waals surface area contributed by atoms with Crippen molar-refractivity contribution in [1.29, 1.82) is 0 Å². The average Bonchev–Trinajstić information content (AvgIpc) is 2.65. The van der Waals surface area contributed by atoms with Crippen molar-refractivity contribution in [2.45, 2.75) is 39.0 Å². The third-order valence-electron chi connectivity index (χ3n) is 3.91. The molecule has 3 rings (SSSR count). The zero-order chi connectivity index (χ0) is 18.5. The van der Waals surface area contributed by atoms with E-state index >= 15 is 0 Å². The molecule has 164 valence electrons. The van der Waals surface area contributed by atoms with Gasteiger partial charge < -0.3 is 50.8 Å². The molecule has 1 fully saturated rings. The van der Waals surface area contributed by atoms with Crippen molar-refractivity contribution < 1.29 is 65.7 Å². The van der Waals surface area contributed by atoms with Gasteiger partial charge in [-0.3, -0.25) is 0 Å². The van der Waals surface area contributed by atoms with Crippen molar-refractivity contribution in [2.75, 3.05) is 0 Å². The van der Waals surface area contributed by atoms with Crippen molar-refractivity contribution in [3.63, 3.8) is 0 Å². The molecular formula is C21H27Cl2NO4Pt. The van der Waals surface area contributed by atoms with Crippen molar-refractivity contribution in [2.24, 2.45) is 5.92 Å². The summed E-state index contributed by atoms with van der Waals surface area (Å²) in [4.78, 5) is 20.2. The quantitative estimate of drug-likeness (QED) is 0.380. The molecule has 0 aromatic heterocycles. The largest absolute Gasteiger partial charge is 4.00 e. The van der Waals surface area contributed by atoms with E-state index in [9.17, 15) is 19.8 Å². The predicted octanol–water partition coefficient (Wildman–Crippen LogP) is -3.15. The summed E-state index contributed by atoms with van der Waals surface area (Å²) in [5.74, 6) is -1.22. The molecule has 0 atom stereocenters. The van der Waals surface area contributed by atoms with E-state index < -0.39 is 11.9 Å². The molecule has 0 aliphatic heterocycles. The Hall–Kier alpha value is -1.39. The molecule has 1 aliphatic carbocycles. The van der Waals surface area contributed by atoms with Gasteiger partial charge in [-0.2, -0.15) is 0 Å². The number of aromatic carboxylic acids is 2. The van der Waals surface area contributed by atoms with Crippen LogP contribution in [0.1, 0.15) is 59.7 Å². The Morgan fingerprint density at radius 3 is 1.21 bits per heavy atom. The summed E-state index contributed by atoms with van der Waals surface area (Å²) >= 11 is 0. The van der Waals surface area contributed by atoms with Crippen molar-refractivity contribution in [3.8, 4) is 0 Å². The molecule has 1 aliphatic rings. The van der Waals surface area contributed by atoms with Crippen LogP contribution in [0.5, 0.6) is 0 Å². The molecule has 0 heterocycles. The van der Waals surface area contributed by atoms with E-state index in [1.807, 2.05) is 0 Å². The molecule has 0 spiro atoms. The van der Waals surface area contributed by atoms with Crippen LogP contribution >= 0.6 is 0 Å². The topological polar surface area (TPSA) is 115 Å². The minimum absolute atomic E-state index is 0. The van der Waals surface area contributed by atoms with E-state index in [2.05, 4.69) is 6.92 Å². The monoisotopic (exact) mass is 622 g/mol. The smallest absolute Gasteiger partial charge is 1.00 e. The molecule has 0 amide bonds. The summed E-state index contributed by atoms with van der Waals surface area (Å²) in [5.41, 5.74) is 0.440. The molecule has 2 aromatic rings. The summed E-state index contributed by atoms with van der Waals surface area (Å²) in [6, 6.07) is 16.1. The number of carboxylic acids is 2. The van der Waals surface area contributed by atoms with Gasteiger partial charge in [0.2, 0.25) is 0 Å². The standard InChI is InChI=1S/2C7H6O2.C7H14.2ClH.H3N.Pt/c2*8-7(9)6-4-2-1-3-5-6;1-7-5-3-2-4-6-7;;;;/h2*1-5H,(H,8,9);7H,2-6H2,1H3;2*1H;1H3;/q;;;;;;+4/p-4. The number of rotatable bonds is 2. The Kier molecular flexibility index (Phi) is 25.8. The van der Waals surface area contributed by atoms with Crippen molar-refractivity contribution >= 4 is 11.9 Å². The number of benzene rings is 2. The van der Waals surface area contributed by atoms with Gasteiger partial charge in [-0.05, 0) is 17.0 Å². The van der Waals surface area contributed by atoms with Crippen LogP contribution in [0.3, 0.4) is 0 Å². The first-order chi connectivity index (χ1) is 12.0.